The van der Waals surface area contributed by atoms with Crippen LogP contribution >= 0.6 is 15.9 Å². The molecular formula is C10H10BrN3O. The lowest BCUT2D eigenvalue weighted by atomic mass is 10.2. The minimum absolute atomic E-state index is 0.455. The second-order valence-electron chi connectivity index (χ2n) is 3.20. The van der Waals surface area contributed by atoms with E-state index in [1.54, 1.807) is 6.92 Å². The summed E-state index contributed by atoms with van der Waals surface area (Å²) >= 11 is 3.41. The molecule has 1 heterocycles. The lowest BCUT2D eigenvalue weighted by Gasteiger charge is -2.01. The molecule has 0 saturated carbocycles. The van der Waals surface area contributed by atoms with E-state index in [0.717, 1.165) is 21.1 Å². The van der Waals surface area contributed by atoms with Gasteiger partial charge in [-0.1, -0.05) is 21.1 Å². The molecule has 1 aromatic heterocycles. The highest BCUT2D eigenvalue weighted by Gasteiger charge is 2.04. The molecule has 0 atom stereocenters. The monoisotopic (exact) mass is 267 g/mol. The van der Waals surface area contributed by atoms with E-state index in [1.165, 1.54) is 0 Å². The number of nitrogens with one attached hydrogen (secondary N) is 2. The predicted molar refractivity (Wildman–Crippen MR) is 64.5 cm³/mol. The largest absolute Gasteiger partial charge is 0.409 e. The molecule has 78 valence electrons. The Balaban J connectivity index is 2.48. The van der Waals surface area contributed by atoms with Crippen molar-refractivity contribution in [2.45, 2.75) is 6.92 Å². The van der Waals surface area contributed by atoms with E-state index < -0.39 is 0 Å². The number of rotatable bonds is 1. The van der Waals surface area contributed by atoms with Crippen molar-refractivity contribution in [1.29, 1.82) is 0 Å². The van der Waals surface area contributed by atoms with Crippen LogP contribution in [0.3, 0.4) is 0 Å². The molecule has 0 radical (unpaired) electrons. The average molecular weight is 268 g/mol. The summed E-state index contributed by atoms with van der Waals surface area (Å²) in [5.41, 5.74) is 1.92. The number of benzene rings is 1. The van der Waals surface area contributed by atoms with Crippen LogP contribution in [0.1, 0.15) is 6.92 Å². The van der Waals surface area contributed by atoms with Gasteiger partial charge in [-0.05, 0) is 25.1 Å². The molecule has 0 unspecified atom stereocenters. The molecule has 0 amide bonds. The summed E-state index contributed by atoms with van der Waals surface area (Å²) in [6, 6.07) is 5.95. The van der Waals surface area contributed by atoms with E-state index in [9.17, 15) is 0 Å². The highest BCUT2D eigenvalue weighted by atomic mass is 79.9. The first-order valence-electron chi connectivity index (χ1n) is 4.43. The molecule has 2 aromatic rings. The van der Waals surface area contributed by atoms with Crippen LogP contribution in [0.4, 0.5) is 5.69 Å². The summed E-state index contributed by atoms with van der Waals surface area (Å²) in [4.78, 5) is 3.12. The molecule has 1 aromatic carbocycles. The third-order valence-corrected chi connectivity index (χ3v) is 2.60. The van der Waals surface area contributed by atoms with E-state index in [1.807, 2.05) is 24.4 Å². The van der Waals surface area contributed by atoms with Crippen molar-refractivity contribution in [2.75, 3.05) is 5.32 Å². The van der Waals surface area contributed by atoms with Gasteiger partial charge in [0, 0.05) is 21.6 Å². The van der Waals surface area contributed by atoms with Crippen molar-refractivity contribution in [3.05, 3.63) is 28.9 Å². The lowest BCUT2D eigenvalue weighted by Crippen LogP contribution is -2.05. The number of anilines is 1. The Kier molecular flexibility index (Phi) is 2.64. The van der Waals surface area contributed by atoms with Crippen molar-refractivity contribution in [3.63, 3.8) is 0 Å². The van der Waals surface area contributed by atoms with Gasteiger partial charge >= 0.3 is 0 Å². The van der Waals surface area contributed by atoms with Crippen LogP contribution in [0, 0.1) is 0 Å². The number of halogens is 1. The zero-order chi connectivity index (χ0) is 10.8. The van der Waals surface area contributed by atoms with Gasteiger partial charge in [0.2, 0.25) is 0 Å². The highest BCUT2D eigenvalue weighted by molar-refractivity contribution is 9.10. The van der Waals surface area contributed by atoms with Crippen molar-refractivity contribution < 1.29 is 5.21 Å². The number of aromatic nitrogens is 1. The number of oxime groups is 1. The maximum Gasteiger partial charge on any atom is 0.143 e. The summed E-state index contributed by atoms with van der Waals surface area (Å²) in [5.74, 6) is 0.455. The first kappa shape index (κ1) is 10.0. The van der Waals surface area contributed by atoms with Gasteiger partial charge < -0.3 is 15.5 Å². The quantitative estimate of drug-likeness (QED) is 0.322. The van der Waals surface area contributed by atoms with Crippen LogP contribution in [0.2, 0.25) is 0 Å². The molecule has 0 bridgehead atoms. The lowest BCUT2D eigenvalue weighted by molar-refractivity contribution is 0.318. The molecule has 0 saturated heterocycles. The van der Waals surface area contributed by atoms with Gasteiger partial charge in [0.15, 0.2) is 0 Å². The molecule has 4 nitrogen and oxygen atoms in total. The first-order valence-corrected chi connectivity index (χ1v) is 5.22. The molecule has 5 heteroatoms. The van der Waals surface area contributed by atoms with Crippen LogP contribution in [0.15, 0.2) is 34.0 Å². The highest BCUT2D eigenvalue weighted by Crippen LogP contribution is 2.26. The van der Waals surface area contributed by atoms with E-state index in [-0.39, 0.29) is 0 Å². The van der Waals surface area contributed by atoms with Crippen molar-refractivity contribution in [1.82, 2.24) is 4.98 Å². The van der Waals surface area contributed by atoms with Gasteiger partial charge in [-0.15, -0.1) is 0 Å². The van der Waals surface area contributed by atoms with Crippen LogP contribution in [0.5, 0.6) is 0 Å². The van der Waals surface area contributed by atoms with Crippen molar-refractivity contribution >= 4 is 38.4 Å². The number of nitrogens with zero attached hydrogens (tertiary/aromatic N) is 1. The maximum atomic E-state index is 8.57. The summed E-state index contributed by atoms with van der Waals surface area (Å²) < 4.78 is 1.01. The number of H-pyrrole nitrogens is 1. The van der Waals surface area contributed by atoms with Gasteiger partial charge in [0.05, 0.1) is 5.69 Å². The Bertz CT molecular complexity index is 518. The molecule has 2 rings (SSSR count). The van der Waals surface area contributed by atoms with E-state index in [0.29, 0.717) is 5.84 Å². The van der Waals surface area contributed by atoms with Crippen LogP contribution in [-0.4, -0.2) is 16.0 Å². The standard InChI is InChI=1S/C10H10BrN3O/c1-6(14-15)13-10-5-12-9-3-2-7(11)4-8(9)10/h2-5,12,15H,1H3,(H,13,14). The molecule has 0 aliphatic rings. The molecule has 0 aliphatic heterocycles. The number of hydrogen-bond donors (Lipinski definition) is 3. The van der Waals surface area contributed by atoms with E-state index in [4.69, 9.17) is 5.21 Å². The Morgan fingerprint density at radius 3 is 3.07 bits per heavy atom. The number of aromatic amines is 1. The third kappa shape index (κ3) is 1.97. The van der Waals surface area contributed by atoms with E-state index >= 15 is 0 Å². The van der Waals surface area contributed by atoms with Gasteiger partial charge in [0.1, 0.15) is 5.84 Å². The van der Waals surface area contributed by atoms with Gasteiger partial charge in [-0.25, -0.2) is 0 Å². The second kappa shape index (κ2) is 3.94. The molecular weight excluding hydrogens is 258 g/mol. The van der Waals surface area contributed by atoms with Gasteiger partial charge in [0.25, 0.3) is 0 Å². The smallest absolute Gasteiger partial charge is 0.143 e. The Hall–Kier alpha value is -1.49. The van der Waals surface area contributed by atoms with E-state index in [2.05, 4.69) is 31.4 Å². The second-order valence-corrected chi connectivity index (χ2v) is 4.12. The Morgan fingerprint density at radius 1 is 1.53 bits per heavy atom. The molecule has 15 heavy (non-hydrogen) atoms. The van der Waals surface area contributed by atoms with Crippen molar-refractivity contribution in [3.8, 4) is 0 Å². The summed E-state index contributed by atoms with van der Waals surface area (Å²) in [6.07, 6.45) is 1.84. The molecule has 0 aliphatic carbocycles. The fraction of sp³-hybridized carbons (Fsp3) is 0.100. The summed E-state index contributed by atoms with van der Waals surface area (Å²) in [5, 5.41) is 15.7. The topological polar surface area (TPSA) is 60.4 Å². The van der Waals surface area contributed by atoms with Crippen LogP contribution in [0.25, 0.3) is 10.9 Å². The van der Waals surface area contributed by atoms with Crippen LogP contribution in [-0.2, 0) is 0 Å². The zero-order valence-corrected chi connectivity index (χ0v) is 9.67. The average Bonchev–Trinajstić information content (AvgIpc) is 2.61. The number of amidine groups is 1. The molecule has 3 N–H and O–H groups in total. The minimum Gasteiger partial charge on any atom is -0.409 e. The number of hydrogen-bond acceptors (Lipinski definition) is 2. The Labute approximate surface area is 95.1 Å². The van der Waals surface area contributed by atoms with Crippen LogP contribution < -0.4 is 5.32 Å². The molecule has 0 spiro atoms. The fourth-order valence-corrected chi connectivity index (χ4v) is 1.78. The maximum absolute atomic E-state index is 8.57. The first-order chi connectivity index (χ1) is 7.20. The SMILES string of the molecule is CC(=NO)Nc1c[nH]c2ccc(Br)cc12. The number of fused-ring (bicyclic) bond motifs is 1. The van der Waals surface area contributed by atoms with Crippen molar-refractivity contribution in [2.24, 2.45) is 5.16 Å². The summed E-state index contributed by atoms with van der Waals surface area (Å²) in [7, 11) is 0. The predicted octanol–water partition coefficient (Wildman–Crippen LogP) is 3.15. The summed E-state index contributed by atoms with van der Waals surface area (Å²) in [6.45, 7) is 1.69. The fourth-order valence-electron chi connectivity index (χ4n) is 1.42. The molecule has 0 fully saturated rings. The Morgan fingerprint density at radius 2 is 2.33 bits per heavy atom. The third-order valence-electron chi connectivity index (χ3n) is 2.11. The minimum atomic E-state index is 0.455. The normalized spacial score (nSPS) is 12.0. The van der Waals surface area contributed by atoms with Gasteiger partial charge in [-0.3, -0.25) is 0 Å². The zero-order valence-electron chi connectivity index (χ0n) is 8.08. The van der Waals surface area contributed by atoms with Gasteiger partial charge in [-0.2, -0.15) is 0 Å².